The van der Waals surface area contributed by atoms with Gasteiger partial charge >= 0.3 is 0 Å². The summed E-state index contributed by atoms with van der Waals surface area (Å²) in [4.78, 5) is 8.95. The molecule has 0 atom stereocenters. The molecule has 0 aliphatic heterocycles. The van der Waals surface area contributed by atoms with Crippen LogP contribution in [0.25, 0.3) is 0 Å². The number of benzene rings is 2. The van der Waals surface area contributed by atoms with Crippen LogP contribution >= 0.6 is 0 Å². The van der Waals surface area contributed by atoms with Crippen molar-refractivity contribution in [2.24, 2.45) is 0 Å². The van der Waals surface area contributed by atoms with Gasteiger partial charge in [0.1, 0.15) is 11.6 Å². The lowest BCUT2D eigenvalue weighted by molar-refractivity contribution is 0.244. The van der Waals surface area contributed by atoms with Crippen molar-refractivity contribution in [3.63, 3.8) is 0 Å². The van der Waals surface area contributed by atoms with E-state index < -0.39 is 0 Å². The van der Waals surface area contributed by atoms with E-state index in [1.165, 1.54) is 0 Å². The molecule has 6 heteroatoms. The number of anilines is 4. The highest BCUT2D eigenvalue weighted by molar-refractivity contribution is 5.65. The first-order chi connectivity index (χ1) is 13.0. The fraction of sp³-hybridized carbons (Fsp3) is 0.190. The molecule has 3 rings (SSSR count). The molecule has 2 aromatic carbocycles. The highest BCUT2D eigenvalue weighted by atomic mass is 16.5. The van der Waals surface area contributed by atoms with Gasteiger partial charge in [0.25, 0.3) is 0 Å². The maximum atomic E-state index is 9.04. The molecule has 1 aromatic heterocycles. The van der Waals surface area contributed by atoms with Gasteiger partial charge in [-0.25, -0.2) is 4.98 Å². The van der Waals surface area contributed by atoms with Crippen LogP contribution in [0.3, 0.4) is 0 Å². The minimum atomic E-state index is 0.0738. The van der Waals surface area contributed by atoms with Crippen LogP contribution in [0.4, 0.5) is 23.1 Å². The molecule has 0 aliphatic carbocycles. The number of aryl methyl sites for hydroxylation is 1. The van der Waals surface area contributed by atoms with Crippen molar-refractivity contribution in [2.75, 3.05) is 10.6 Å². The van der Waals surface area contributed by atoms with E-state index in [1.807, 2.05) is 63.2 Å². The van der Waals surface area contributed by atoms with Gasteiger partial charge in [0, 0.05) is 17.4 Å². The van der Waals surface area contributed by atoms with Crippen LogP contribution in [0, 0.1) is 18.3 Å². The molecule has 27 heavy (non-hydrogen) atoms. The third kappa shape index (κ3) is 4.95. The maximum Gasteiger partial charge on any atom is 0.229 e. The van der Waals surface area contributed by atoms with E-state index >= 15 is 0 Å². The van der Waals surface area contributed by atoms with E-state index in [-0.39, 0.29) is 6.10 Å². The topological polar surface area (TPSA) is 82.9 Å². The second kappa shape index (κ2) is 8.19. The zero-order valence-corrected chi connectivity index (χ0v) is 15.5. The van der Waals surface area contributed by atoms with Gasteiger partial charge in [0.15, 0.2) is 0 Å². The van der Waals surface area contributed by atoms with E-state index in [2.05, 4.69) is 26.7 Å². The zero-order chi connectivity index (χ0) is 19.2. The standard InChI is InChI=1S/C21H21N5O/c1-14(2)27-19-10-5-4-9-18(19)25-20-11-15(3)23-21(26-20)24-17-8-6-7-16(12-17)13-22/h4-12,14H,1-3H3,(H2,23,24,25,26). The van der Waals surface area contributed by atoms with Gasteiger partial charge < -0.3 is 15.4 Å². The summed E-state index contributed by atoms with van der Waals surface area (Å²) in [6.07, 6.45) is 0.0738. The van der Waals surface area contributed by atoms with Gasteiger partial charge in [0.2, 0.25) is 5.95 Å². The lowest BCUT2D eigenvalue weighted by atomic mass is 10.2. The number of para-hydroxylation sites is 2. The highest BCUT2D eigenvalue weighted by Crippen LogP contribution is 2.28. The van der Waals surface area contributed by atoms with E-state index in [1.54, 1.807) is 12.1 Å². The van der Waals surface area contributed by atoms with Crippen LogP contribution in [0.5, 0.6) is 5.75 Å². The van der Waals surface area contributed by atoms with Gasteiger partial charge in [-0.05, 0) is 51.1 Å². The average molecular weight is 359 g/mol. The summed E-state index contributed by atoms with van der Waals surface area (Å²) in [6, 6.07) is 18.9. The number of nitrogens with one attached hydrogen (secondary N) is 2. The minimum absolute atomic E-state index is 0.0738. The Kier molecular flexibility index (Phi) is 5.53. The Balaban J connectivity index is 1.85. The molecule has 0 bridgehead atoms. The zero-order valence-electron chi connectivity index (χ0n) is 15.5. The summed E-state index contributed by atoms with van der Waals surface area (Å²) in [7, 11) is 0. The predicted octanol–water partition coefficient (Wildman–Crippen LogP) is 4.93. The van der Waals surface area contributed by atoms with Crippen LogP contribution in [0.1, 0.15) is 25.1 Å². The van der Waals surface area contributed by atoms with Crippen molar-refractivity contribution in [3.05, 3.63) is 65.9 Å². The molecule has 1 heterocycles. The smallest absolute Gasteiger partial charge is 0.229 e. The van der Waals surface area contributed by atoms with Gasteiger partial charge in [-0.2, -0.15) is 10.2 Å². The molecule has 0 unspecified atom stereocenters. The first-order valence-electron chi connectivity index (χ1n) is 8.69. The molecule has 0 amide bonds. The van der Waals surface area contributed by atoms with Crippen molar-refractivity contribution in [3.8, 4) is 11.8 Å². The van der Waals surface area contributed by atoms with Gasteiger partial charge in [0.05, 0.1) is 23.4 Å². The van der Waals surface area contributed by atoms with E-state index in [9.17, 15) is 0 Å². The molecule has 2 N–H and O–H groups in total. The summed E-state index contributed by atoms with van der Waals surface area (Å²) in [6.45, 7) is 5.88. The molecule has 136 valence electrons. The first kappa shape index (κ1) is 18.2. The quantitative estimate of drug-likeness (QED) is 0.649. The summed E-state index contributed by atoms with van der Waals surface area (Å²) in [5.41, 5.74) is 2.98. The number of nitrogens with zero attached hydrogens (tertiary/aromatic N) is 3. The van der Waals surface area contributed by atoms with Crippen molar-refractivity contribution >= 4 is 23.1 Å². The maximum absolute atomic E-state index is 9.04. The Morgan fingerprint density at radius 2 is 1.81 bits per heavy atom. The average Bonchev–Trinajstić information content (AvgIpc) is 2.62. The summed E-state index contributed by atoms with van der Waals surface area (Å²) in [5, 5.41) is 15.5. The summed E-state index contributed by atoms with van der Waals surface area (Å²) >= 11 is 0. The summed E-state index contributed by atoms with van der Waals surface area (Å²) < 4.78 is 5.85. The fourth-order valence-electron chi connectivity index (χ4n) is 2.55. The number of hydrogen-bond donors (Lipinski definition) is 2. The normalized spacial score (nSPS) is 10.3. The minimum Gasteiger partial charge on any atom is -0.489 e. The van der Waals surface area contributed by atoms with Crippen molar-refractivity contribution < 1.29 is 4.74 Å². The monoisotopic (exact) mass is 359 g/mol. The predicted molar refractivity (Wildman–Crippen MR) is 107 cm³/mol. The third-order valence-electron chi connectivity index (χ3n) is 3.61. The molecule has 0 saturated heterocycles. The lowest BCUT2D eigenvalue weighted by Gasteiger charge is -2.15. The fourth-order valence-corrected chi connectivity index (χ4v) is 2.55. The second-order valence-electron chi connectivity index (χ2n) is 6.32. The number of ether oxygens (including phenoxy) is 1. The Morgan fingerprint density at radius 3 is 2.59 bits per heavy atom. The number of aromatic nitrogens is 2. The van der Waals surface area contributed by atoms with E-state index in [0.717, 1.165) is 22.8 Å². The molecule has 0 spiro atoms. The lowest BCUT2D eigenvalue weighted by Crippen LogP contribution is -2.08. The molecular formula is C21H21N5O. The molecule has 0 radical (unpaired) electrons. The first-order valence-corrected chi connectivity index (χ1v) is 8.69. The van der Waals surface area contributed by atoms with E-state index in [0.29, 0.717) is 17.3 Å². The molecule has 0 saturated carbocycles. The third-order valence-corrected chi connectivity index (χ3v) is 3.61. The van der Waals surface area contributed by atoms with Crippen LogP contribution in [0.2, 0.25) is 0 Å². The molecule has 3 aromatic rings. The Morgan fingerprint density at radius 1 is 1.00 bits per heavy atom. The van der Waals surface area contributed by atoms with Crippen LogP contribution in [-0.4, -0.2) is 16.1 Å². The van der Waals surface area contributed by atoms with Crippen molar-refractivity contribution in [1.82, 2.24) is 9.97 Å². The van der Waals surface area contributed by atoms with Crippen LogP contribution < -0.4 is 15.4 Å². The van der Waals surface area contributed by atoms with Gasteiger partial charge in [-0.1, -0.05) is 18.2 Å². The van der Waals surface area contributed by atoms with Crippen molar-refractivity contribution in [1.29, 1.82) is 5.26 Å². The Bertz CT molecular complexity index is 978. The molecule has 6 nitrogen and oxygen atoms in total. The van der Waals surface area contributed by atoms with Gasteiger partial charge in [-0.15, -0.1) is 0 Å². The number of nitriles is 1. The molecule has 0 aliphatic rings. The van der Waals surface area contributed by atoms with Gasteiger partial charge in [-0.3, -0.25) is 0 Å². The molecule has 0 fully saturated rings. The Labute approximate surface area is 158 Å². The highest BCUT2D eigenvalue weighted by Gasteiger charge is 2.08. The summed E-state index contributed by atoms with van der Waals surface area (Å²) in [5.74, 6) is 1.87. The van der Waals surface area contributed by atoms with Crippen molar-refractivity contribution in [2.45, 2.75) is 26.9 Å². The Hall–Kier alpha value is -3.59. The SMILES string of the molecule is Cc1cc(Nc2ccccc2OC(C)C)nc(Nc2cccc(C#N)c2)n1. The number of rotatable bonds is 6. The van der Waals surface area contributed by atoms with Crippen LogP contribution in [0.15, 0.2) is 54.6 Å². The largest absolute Gasteiger partial charge is 0.489 e. The van der Waals surface area contributed by atoms with E-state index in [4.69, 9.17) is 10.00 Å². The molecular weight excluding hydrogens is 338 g/mol. The number of hydrogen-bond acceptors (Lipinski definition) is 6. The van der Waals surface area contributed by atoms with Crippen LogP contribution in [-0.2, 0) is 0 Å². The second-order valence-corrected chi connectivity index (χ2v) is 6.32.